The average molecular weight is 401 g/mol. The number of ether oxygens (including phenoxy) is 2. The van der Waals surface area contributed by atoms with E-state index in [4.69, 9.17) is 9.47 Å². The van der Waals surface area contributed by atoms with Crippen LogP contribution in [0, 0.1) is 13.8 Å². The first-order chi connectivity index (χ1) is 14.5. The molecule has 7 heteroatoms. The number of hydrogen-bond acceptors (Lipinski definition) is 4. The number of carbonyl (C=O) groups is 2. The van der Waals surface area contributed by atoms with E-state index in [1.54, 1.807) is 30.3 Å². The summed E-state index contributed by atoms with van der Waals surface area (Å²) < 4.78 is 13.0. The lowest BCUT2D eigenvalue weighted by molar-refractivity contribution is -0.113. The summed E-state index contributed by atoms with van der Waals surface area (Å²) in [6.45, 7) is 4.19. The standard InChI is InChI=1S/C23H19N3O4/c1-14-10-16(15(2)25(14)18-8-9-20-21(12-18)30-13-29-20)11-19-22(27)26(23(28)24-19)17-6-4-3-5-7-17/h3-12H,13H2,1-2H3,(H,24,28)/b19-11+. The van der Waals surface area contributed by atoms with Crippen LogP contribution in [0.2, 0.25) is 0 Å². The molecule has 0 saturated carbocycles. The molecule has 0 atom stereocenters. The second-order valence-corrected chi connectivity index (χ2v) is 7.16. The van der Waals surface area contributed by atoms with Crippen LogP contribution in [0.4, 0.5) is 10.5 Å². The number of rotatable bonds is 3. The lowest BCUT2D eigenvalue weighted by atomic mass is 10.2. The number of para-hydroxylation sites is 1. The van der Waals surface area contributed by atoms with Crippen LogP contribution in [0.3, 0.4) is 0 Å². The maximum Gasteiger partial charge on any atom is 0.333 e. The van der Waals surface area contributed by atoms with Crippen LogP contribution >= 0.6 is 0 Å². The van der Waals surface area contributed by atoms with Crippen LogP contribution < -0.4 is 19.7 Å². The third kappa shape index (κ3) is 2.83. The number of benzene rings is 2. The highest BCUT2D eigenvalue weighted by molar-refractivity contribution is 6.28. The molecule has 2 aromatic carbocycles. The fourth-order valence-electron chi connectivity index (χ4n) is 3.86. The van der Waals surface area contributed by atoms with Gasteiger partial charge in [0.05, 0.1) is 5.69 Å². The van der Waals surface area contributed by atoms with Gasteiger partial charge in [-0.2, -0.15) is 0 Å². The second kappa shape index (κ2) is 6.81. The van der Waals surface area contributed by atoms with Crippen LogP contribution in [0.15, 0.2) is 60.3 Å². The van der Waals surface area contributed by atoms with Gasteiger partial charge in [-0.1, -0.05) is 18.2 Å². The fourth-order valence-corrected chi connectivity index (χ4v) is 3.86. The van der Waals surface area contributed by atoms with Crippen molar-refractivity contribution in [2.24, 2.45) is 0 Å². The molecule has 1 fully saturated rings. The van der Waals surface area contributed by atoms with Crippen LogP contribution in [0.1, 0.15) is 17.0 Å². The summed E-state index contributed by atoms with van der Waals surface area (Å²) >= 11 is 0. The van der Waals surface area contributed by atoms with Gasteiger partial charge in [-0.15, -0.1) is 0 Å². The first kappa shape index (κ1) is 18.1. The molecule has 2 aliphatic heterocycles. The van der Waals surface area contributed by atoms with Crippen molar-refractivity contribution < 1.29 is 19.1 Å². The molecule has 150 valence electrons. The SMILES string of the molecule is Cc1cc(/C=C2/NC(=O)N(c3ccccc3)C2=O)c(C)n1-c1ccc2c(c1)OCO2. The Hall–Kier alpha value is -4.00. The minimum absolute atomic E-state index is 0.222. The lowest BCUT2D eigenvalue weighted by Crippen LogP contribution is -2.30. The molecule has 3 amide bonds. The van der Waals surface area contributed by atoms with Crippen molar-refractivity contribution in [1.29, 1.82) is 0 Å². The van der Waals surface area contributed by atoms with Crippen LogP contribution in [-0.2, 0) is 4.79 Å². The van der Waals surface area contributed by atoms with Crippen LogP contribution in [-0.4, -0.2) is 23.3 Å². The van der Waals surface area contributed by atoms with Crippen molar-refractivity contribution in [2.45, 2.75) is 13.8 Å². The van der Waals surface area contributed by atoms with Gasteiger partial charge in [-0.05, 0) is 55.8 Å². The molecule has 3 heterocycles. The monoisotopic (exact) mass is 401 g/mol. The van der Waals surface area contributed by atoms with Gasteiger partial charge in [0.25, 0.3) is 5.91 Å². The molecule has 0 aliphatic carbocycles. The van der Waals surface area contributed by atoms with Gasteiger partial charge in [0.15, 0.2) is 11.5 Å². The molecule has 5 rings (SSSR count). The van der Waals surface area contributed by atoms with Gasteiger partial charge in [-0.3, -0.25) is 4.79 Å². The number of imide groups is 1. The number of aryl methyl sites for hydroxylation is 1. The van der Waals surface area contributed by atoms with E-state index >= 15 is 0 Å². The molecular formula is C23H19N3O4. The number of nitrogens with one attached hydrogen (secondary N) is 1. The minimum Gasteiger partial charge on any atom is -0.454 e. The highest BCUT2D eigenvalue weighted by atomic mass is 16.7. The predicted octanol–water partition coefficient (Wildman–Crippen LogP) is 3.92. The quantitative estimate of drug-likeness (QED) is 0.533. The second-order valence-electron chi connectivity index (χ2n) is 7.16. The Kier molecular flexibility index (Phi) is 4.10. The minimum atomic E-state index is -0.456. The molecule has 1 saturated heterocycles. The largest absolute Gasteiger partial charge is 0.454 e. The van der Waals surface area contributed by atoms with E-state index in [0.717, 1.165) is 33.3 Å². The fraction of sp³-hybridized carbons (Fsp3) is 0.130. The Balaban J connectivity index is 1.50. The highest BCUT2D eigenvalue weighted by Crippen LogP contribution is 2.35. The molecule has 7 nitrogen and oxygen atoms in total. The summed E-state index contributed by atoms with van der Waals surface area (Å²) in [4.78, 5) is 26.4. The van der Waals surface area contributed by atoms with E-state index in [-0.39, 0.29) is 18.4 Å². The Morgan fingerprint density at radius 2 is 1.70 bits per heavy atom. The summed E-state index contributed by atoms with van der Waals surface area (Å²) in [5.41, 5.74) is 4.51. The van der Waals surface area contributed by atoms with E-state index in [1.165, 1.54) is 0 Å². The number of carbonyl (C=O) groups excluding carboxylic acids is 2. The number of anilines is 1. The van der Waals surface area contributed by atoms with E-state index in [1.807, 2.05) is 44.2 Å². The highest BCUT2D eigenvalue weighted by Gasteiger charge is 2.35. The van der Waals surface area contributed by atoms with Gasteiger partial charge in [-0.25, -0.2) is 9.69 Å². The van der Waals surface area contributed by atoms with Crippen molar-refractivity contribution in [1.82, 2.24) is 9.88 Å². The number of nitrogens with zero attached hydrogens (tertiary/aromatic N) is 2. The third-order valence-electron chi connectivity index (χ3n) is 5.28. The summed E-state index contributed by atoms with van der Waals surface area (Å²) in [5.74, 6) is 1.06. The number of aromatic nitrogens is 1. The summed E-state index contributed by atoms with van der Waals surface area (Å²) in [6, 6.07) is 16.2. The normalized spacial score (nSPS) is 16.5. The van der Waals surface area contributed by atoms with E-state index < -0.39 is 6.03 Å². The van der Waals surface area contributed by atoms with Gasteiger partial charge < -0.3 is 19.4 Å². The lowest BCUT2D eigenvalue weighted by Gasteiger charge is -2.11. The molecular weight excluding hydrogens is 382 g/mol. The topological polar surface area (TPSA) is 72.8 Å². The van der Waals surface area contributed by atoms with Crippen molar-refractivity contribution in [3.8, 4) is 17.2 Å². The average Bonchev–Trinajstić information content (AvgIpc) is 3.39. The number of amides is 3. The Labute approximate surface area is 173 Å². The maximum atomic E-state index is 12.9. The van der Waals surface area contributed by atoms with Crippen LogP contribution in [0.5, 0.6) is 11.5 Å². The Bertz CT molecular complexity index is 1210. The van der Waals surface area contributed by atoms with E-state index in [0.29, 0.717) is 11.4 Å². The molecule has 0 spiro atoms. The maximum absolute atomic E-state index is 12.9. The zero-order chi connectivity index (χ0) is 20.8. The van der Waals surface area contributed by atoms with E-state index in [2.05, 4.69) is 9.88 Å². The first-order valence-electron chi connectivity index (χ1n) is 9.54. The Morgan fingerprint density at radius 1 is 0.933 bits per heavy atom. The van der Waals surface area contributed by atoms with Crippen molar-refractivity contribution in [3.63, 3.8) is 0 Å². The summed E-state index contributed by atoms with van der Waals surface area (Å²) in [7, 11) is 0. The third-order valence-corrected chi connectivity index (χ3v) is 5.28. The molecule has 2 aliphatic rings. The zero-order valence-electron chi connectivity index (χ0n) is 16.5. The number of fused-ring (bicyclic) bond motifs is 1. The van der Waals surface area contributed by atoms with E-state index in [9.17, 15) is 9.59 Å². The molecule has 0 bridgehead atoms. The van der Waals surface area contributed by atoms with Gasteiger partial charge in [0, 0.05) is 23.1 Å². The number of urea groups is 1. The number of hydrogen-bond donors (Lipinski definition) is 1. The summed E-state index contributed by atoms with van der Waals surface area (Å²) in [6.07, 6.45) is 1.72. The van der Waals surface area contributed by atoms with Crippen molar-refractivity contribution in [3.05, 3.63) is 77.2 Å². The smallest absolute Gasteiger partial charge is 0.333 e. The predicted molar refractivity (Wildman–Crippen MR) is 112 cm³/mol. The first-order valence-corrected chi connectivity index (χ1v) is 9.54. The Morgan fingerprint density at radius 3 is 2.50 bits per heavy atom. The van der Waals surface area contributed by atoms with Gasteiger partial charge in [0.1, 0.15) is 5.70 Å². The van der Waals surface area contributed by atoms with Crippen molar-refractivity contribution >= 4 is 23.7 Å². The summed E-state index contributed by atoms with van der Waals surface area (Å²) in [5, 5.41) is 2.68. The van der Waals surface area contributed by atoms with Gasteiger partial charge >= 0.3 is 6.03 Å². The molecule has 3 aromatic rings. The van der Waals surface area contributed by atoms with Crippen molar-refractivity contribution in [2.75, 3.05) is 11.7 Å². The van der Waals surface area contributed by atoms with Gasteiger partial charge in [0.2, 0.25) is 6.79 Å². The molecule has 1 N–H and O–H groups in total. The molecule has 1 aromatic heterocycles. The molecule has 30 heavy (non-hydrogen) atoms. The van der Waals surface area contributed by atoms with Crippen LogP contribution in [0.25, 0.3) is 11.8 Å². The molecule has 0 unspecified atom stereocenters. The molecule has 0 radical (unpaired) electrons. The zero-order valence-corrected chi connectivity index (χ0v) is 16.5.